The van der Waals surface area contributed by atoms with Crippen LogP contribution >= 0.6 is 43.5 Å². The maximum atomic E-state index is 11.5. The first-order valence-electron chi connectivity index (χ1n) is 4.25. The van der Waals surface area contributed by atoms with Crippen molar-refractivity contribution in [3.63, 3.8) is 0 Å². The highest BCUT2D eigenvalue weighted by atomic mass is 79.9. The van der Waals surface area contributed by atoms with Gasteiger partial charge < -0.3 is 9.47 Å². The summed E-state index contributed by atoms with van der Waals surface area (Å²) in [5.74, 6) is -0.0451. The molecule has 0 aromatic heterocycles. The predicted molar refractivity (Wildman–Crippen MR) is 69.9 cm³/mol. The summed E-state index contributed by atoms with van der Waals surface area (Å²) in [5.41, 5.74) is 1.03. The quantitative estimate of drug-likeness (QED) is 0.596. The molecule has 1 aromatic carbocycles. The van der Waals surface area contributed by atoms with Crippen molar-refractivity contribution in [2.75, 3.05) is 14.2 Å². The Labute approximate surface area is 115 Å². The van der Waals surface area contributed by atoms with E-state index in [4.69, 9.17) is 16.3 Å². The maximum absolute atomic E-state index is 11.5. The summed E-state index contributed by atoms with van der Waals surface area (Å²) in [6.45, 7) is 0. The molecule has 0 heterocycles. The highest BCUT2D eigenvalue weighted by Crippen LogP contribution is 2.39. The molecule has 0 N–H and O–H groups in total. The summed E-state index contributed by atoms with van der Waals surface area (Å²) in [7, 11) is 2.80. The van der Waals surface area contributed by atoms with Crippen LogP contribution in [-0.4, -0.2) is 20.2 Å². The number of methoxy groups -OCH3 is 2. The van der Waals surface area contributed by atoms with Crippen LogP contribution in [0.15, 0.2) is 12.1 Å². The van der Waals surface area contributed by atoms with Gasteiger partial charge in [0.15, 0.2) is 0 Å². The number of benzene rings is 1. The van der Waals surface area contributed by atoms with Crippen LogP contribution in [0, 0.1) is 0 Å². The number of carbonyl (C=O) groups excluding carboxylic acids is 1. The minimum absolute atomic E-state index is 0.156. The van der Waals surface area contributed by atoms with Crippen LogP contribution in [0.1, 0.15) is 19.7 Å². The molecule has 0 aliphatic heterocycles. The number of ether oxygens (including phenoxy) is 2. The Morgan fingerprint density at radius 3 is 2.44 bits per heavy atom. The second kappa shape index (κ2) is 5.89. The van der Waals surface area contributed by atoms with Crippen LogP contribution in [-0.2, 0) is 4.74 Å². The van der Waals surface area contributed by atoms with Crippen molar-refractivity contribution in [2.45, 2.75) is 3.74 Å². The van der Waals surface area contributed by atoms with Gasteiger partial charge in [-0.2, -0.15) is 0 Å². The maximum Gasteiger partial charge on any atom is 0.341 e. The van der Waals surface area contributed by atoms with Gasteiger partial charge >= 0.3 is 5.97 Å². The molecular weight excluding hydrogens is 363 g/mol. The molecule has 0 fully saturated rings. The van der Waals surface area contributed by atoms with Gasteiger partial charge in [0.25, 0.3) is 0 Å². The van der Waals surface area contributed by atoms with Gasteiger partial charge in [-0.3, -0.25) is 0 Å². The number of alkyl halides is 2. The normalized spacial score (nSPS) is 10.4. The molecule has 0 amide bonds. The van der Waals surface area contributed by atoms with Gasteiger partial charge in [0.1, 0.15) is 11.3 Å². The Morgan fingerprint density at radius 1 is 1.38 bits per heavy atom. The van der Waals surface area contributed by atoms with Crippen LogP contribution in [0.3, 0.4) is 0 Å². The summed E-state index contributed by atoms with van der Waals surface area (Å²) >= 11 is 12.6. The first kappa shape index (κ1) is 13.8. The van der Waals surface area contributed by atoms with Gasteiger partial charge in [0.2, 0.25) is 0 Å². The Morgan fingerprint density at radius 2 is 2.00 bits per heavy atom. The number of hydrogen-bond donors (Lipinski definition) is 0. The van der Waals surface area contributed by atoms with E-state index < -0.39 is 5.97 Å². The van der Waals surface area contributed by atoms with Crippen LogP contribution < -0.4 is 4.74 Å². The second-order valence-corrected chi connectivity index (χ2v) is 6.36. The number of halogens is 3. The molecule has 0 aliphatic carbocycles. The fourth-order valence-electron chi connectivity index (χ4n) is 1.27. The van der Waals surface area contributed by atoms with Crippen LogP contribution in [0.25, 0.3) is 0 Å². The lowest BCUT2D eigenvalue weighted by molar-refractivity contribution is 0.0597. The van der Waals surface area contributed by atoms with Crippen molar-refractivity contribution in [2.24, 2.45) is 0 Å². The third-order valence-corrected chi connectivity index (χ3v) is 3.13. The molecule has 0 unspecified atom stereocenters. The van der Waals surface area contributed by atoms with E-state index in [1.54, 1.807) is 6.07 Å². The zero-order chi connectivity index (χ0) is 12.3. The minimum Gasteiger partial charge on any atom is -0.495 e. The van der Waals surface area contributed by atoms with Gasteiger partial charge in [-0.1, -0.05) is 43.5 Å². The van der Waals surface area contributed by atoms with E-state index in [-0.39, 0.29) is 3.74 Å². The molecule has 6 heteroatoms. The van der Waals surface area contributed by atoms with E-state index in [0.717, 1.165) is 5.56 Å². The van der Waals surface area contributed by atoms with Gasteiger partial charge in [0.05, 0.1) is 18.0 Å². The second-order valence-electron chi connectivity index (χ2n) is 2.87. The van der Waals surface area contributed by atoms with Crippen molar-refractivity contribution in [3.8, 4) is 5.75 Å². The topological polar surface area (TPSA) is 35.5 Å². The molecule has 0 aliphatic rings. The summed E-state index contributed by atoms with van der Waals surface area (Å²) in [4.78, 5) is 11.5. The van der Waals surface area contributed by atoms with Gasteiger partial charge in [-0.15, -0.1) is 0 Å². The van der Waals surface area contributed by atoms with Crippen LogP contribution in [0.2, 0.25) is 5.02 Å². The fraction of sp³-hybridized carbons (Fsp3) is 0.300. The van der Waals surface area contributed by atoms with Crippen LogP contribution in [0.5, 0.6) is 5.75 Å². The minimum atomic E-state index is -0.485. The Kier molecular flexibility index (Phi) is 5.08. The summed E-state index contributed by atoms with van der Waals surface area (Å²) in [6.07, 6.45) is 0. The average Bonchev–Trinajstić information content (AvgIpc) is 2.26. The van der Waals surface area contributed by atoms with E-state index in [0.29, 0.717) is 16.3 Å². The molecule has 16 heavy (non-hydrogen) atoms. The van der Waals surface area contributed by atoms with Crippen molar-refractivity contribution < 1.29 is 14.3 Å². The van der Waals surface area contributed by atoms with Crippen molar-refractivity contribution in [3.05, 3.63) is 28.3 Å². The third-order valence-electron chi connectivity index (χ3n) is 1.93. The summed E-state index contributed by atoms with van der Waals surface area (Å²) in [6, 6.07) is 3.22. The zero-order valence-corrected chi connectivity index (χ0v) is 12.5. The summed E-state index contributed by atoms with van der Waals surface area (Å²) in [5, 5.41) is 0.445. The molecule has 0 atom stereocenters. The lowest BCUT2D eigenvalue weighted by atomic mass is 10.1. The number of carbonyl (C=O) groups is 1. The monoisotopic (exact) mass is 370 g/mol. The standard InChI is InChI=1S/C10H9Br2ClO3/c1-15-8-6(9(11)12)3-5(13)4-7(8)10(14)16-2/h3-4,9H,1-2H3. The van der Waals surface area contributed by atoms with E-state index in [1.165, 1.54) is 20.3 Å². The Bertz CT molecular complexity index is 407. The van der Waals surface area contributed by atoms with E-state index in [9.17, 15) is 4.79 Å². The van der Waals surface area contributed by atoms with E-state index in [1.807, 2.05) is 0 Å². The molecule has 0 saturated heterocycles. The highest BCUT2D eigenvalue weighted by Gasteiger charge is 2.20. The zero-order valence-electron chi connectivity index (χ0n) is 8.59. The number of rotatable bonds is 3. The molecule has 0 bridgehead atoms. The van der Waals surface area contributed by atoms with Gasteiger partial charge in [-0.05, 0) is 12.1 Å². The smallest absolute Gasteiger partial charge is 0.341 e. The first-order valence-corrected chi connectivity index (χ1v) is 6.46. The lowest BCUT2D eigenvalue weighted by Crippen LogP contribution is -2.06. The Balaban J connectivity index is 3.41. The Hall–Kier alpha value is -0.260. The fourth-order valence-corrected chi connectivity index (χ4v) is 2.17. The van der Waals surface area contributed by atoms with Gasteiger partial charge in [-0.25, -0.2) is 4.79 Å². The molecule has 1 aromatic rings. The SMILES string of the molecule is COC(=O)c1cc(Cl)cc(C(Br)Br)c1OC. The number of esters is 1. The van der Waals surface area contributed by atoms with Crippen molar-refractivity contribution in [1.82, 2.24) is 0 Å². The summed E-state index contributed by atoms with van der Waals surface area (Å²) < 4.78 is 9.70. The number of hydrogen-bond acceptors (Lipinski definition) is 3. The third kappa shape index (κ3) is 2.90. The largest absolute Gasteiger partial charge is 0.495 e. The predicted octanol–water partition coefficient (Wildman–Crippen LogP) is 3.92. The van der Waals surface area contributed by atoms with Crippen molar-refractivity contribution >= 4 is 49.4 Å². The molecular formula is C10H9Br2ClO3. The highest BCUT2D eigenvalue weighted by molar-refractivity contribution is 9.24. The van der Waals surface area contributed by atoms with E-state index >= 15 is 0 Å². The molecule has 0 spiro atoms. The molecule has 3 nitrogen and oxygen atoms in total. The van der Waals surface area contributed by atoms with E-state index in [2.05, 4.69) is 36.6 Å². The molecule has 1 rings (SSSR count). The average molecular weight is 372 g/mol. The van der Waals surface area contributed by atoms with Crippen LogP contribution in [0.4, 0.5) is 0 Å². The lowest BCUT2D eigenvalue weighted by Gasteiger charge is -2.13. The van der Waals surface area contributed by atoms with Gasteiger partial charge in [0, 0.05) is 10.6 Å². The molecule has 0 saturated carbocycles. The molecule has 0 radical (unpaired) electrons. The first-order chi connectivity index (χ1) is 7.51. The van der Waals surface area contributed by atoms with Crippen molar-refractivity contribution in [1.29, 1.82) is 0 Å². The molecule has 88 valence electrons.